The first kappa shape index (κ1) is 31.3. The van der Waals surface area contributed by atoms with Gasteiger partial charge in [0, 0.05) is 31.2 Å². The van der Waals surface area contributed by atoms with Gasteiger partial charge < -0.3 is 19.4 Å². The molecule has 0 bridgehead atoms. The number of fused-ring (bicyclic) bond motifs is 1. The van der Waals surface area contributed by atoms with Gasteiger partial charge in [0.05, 0.1) is 36.0 Å². The molecule has 5 rings (SSSR count). The fourth-order valence-corrected chi connectivity index (χ4v) is 6.15. The maximum atomic E-state index is 13.8. The maximum absolute atomic E-state index is 13.8. The zero-order valence-electron chi connectivity index (χ0n) is 26.2. The normalized spacial score (nSPS) is 14.4. The number of sulfonamides is 1. The van der Waals surface area contributed by atoms with Crippen LogP contribution in [0.25, 0.3) is 10.9 Å². The van der Waals surface area contributed by atoms with E-state index in [9.17, 15) is 13.2 Å². The number of hydrogen-bond acceptors (Lipinski definition) is 7. The molecule has 0 spiro atoms. The molecule has 0 saturated carbocycles. The number of amides is 1. The van der Waals surface area contributed by atoms with E-state index < -0.39 is 10.0 Å². The van der Waals surface area contributed by atoms with Gasteiger partial charge in [0.2, 0.25) is 10.0 Å². The molecule has 3 heterocycles. The number of nitrogens with one attached hydrogen (secondary N) is 2. The summed E-state index contributed by atoms with van der Waals surface area (Å²) in [6.45, 7) is 8.99. The maximum Gasteiger partial charge on any atom is 0.272 e. The molecule has 1 aliphatic rings. The number of carbonyl (C=O) groups excluding carboxylic acids is 1. The predicted molar refractivity (Wildman–Crippen MR) is 174 cm³/mol. The average molecular weight is 620 g/mol. The van der Waals surface area contributed by atoms with Crippen LogP contribution in [0.5, 0.6) is 17.2 Å². The predicted octanol–water partition coefficient (Wildman–Crippen LogP) is 6.28. The van der Waals surface area contributed by atoms with Gasteiger partial charge in [-0.3, -0.25) is 19.4 Å². The zero-order valence-corrected chi connectivity index (χ0v) is 27.0. The SMILES string of the molecule is COc1c(NC(=O)c2cc3cccc(Oc4ccnc(CN5CCCCC5)c4)c3n2C)cc(C(C)(C)C)cc1NS(C)(=O)=O. The fourth-order valence-electron chi connectivity index (χ4n) is 5.60. The molecule has 0 atom stereocenters. The van der Waals surface area contributed by atoms with Crippen molar-refractivity contribution in [3.05, 3.63) is 71.7 Å². The van der Waals surface area contributed by atoms with Gasteiger partial charge in [0.1, 0.15) is 11.4 Å². The summed E-state index contributed by atoms with van der Waals surface area (Å²) in [5.74, 6) is 1.14. The van der Waals surface area contributed by atoms with Crippen LogP contribution in [0.1, 0.15) is 61.8 Å². The Bertz CT molecular complexity index is 1790. The number of ether oxygens (including phenoxy) is 2. The van der Waals surface area contributed by atoms with E-state index in [1.165, 1.54) is 26.4 Å². The first-order valence-electron chi connectivity index (χ1n) is 14.8. The number of benzene rings is 2. The van der Waals surface area contributed by atoms with E-state index >= 15 is 0 Å². The standard InChI is InChI=1S/C33H41N5O5S/c1-33(2,3)23-18-26(31(42-5)27(19-23)36-44(6,40)41)35-32(39)28-17-22-11-10-12-29(30(22)37(28)4)43-25-13-14-34-24(20-25)21-38-15-8-7-9-16-38/h10-14,17-20,36H,7-9,15-16,21H2,1-6H3,(H,35,39). The number of pyridine rings is 1. The highest BCUT2D eigenvalue weighted by Crippen LogP contribution is 2.40. The van der Waals surface area contributed by atoms with E-state index in [1.807, 2.05) is 70.3 Å². The van der Waals surface area contributed by atoms with E-state index in [1.54, 1.807) is 16.8 Å². The topological polar surface area (TPSA) is 115 Å². The molecule has 44 heavy (non-hydrogen) atoms. The molecule has 2 aromatic heterocycles. The highest BCUT2D eigenvalue weighted by Gasteiger charge is 2.24. The van der Waals surface area contributed by atoms with Crippen LogP contribution in [0, 0.1) is 0 Å². The van der Waals surface area contributed by atoms with Crippen molar-refractivity contribution in [2.24, 2.45) is 7.05 Å². The Morgan fingerprint density at radius 2 is 1.75 bits per heavy atom. The van der Waals surface area contributed by atoms with E-state index in [0.717, 1.165) is 48.1 Å². The highest BCUT2D eigenvalue weighted by atomic mass is 32.2. The number of piperidine rings is 1. The van der Waals surface area contributed by atoms with Gasteiger partial charge in [-0.15, -0.1) is 0 Å². The van der Waals surface area contributed by atoms with E-state index in [2.05, 4.69) is 19.9 Å². The Hall–Kier alpha value is -4.09. The quantitative estimate of drug-likeness (QED) is 0.227. The molecule has 2 N–H and O–H groups in total. The number of nitrogens with zero attached hydrogens (tertiary/aromatic N) is 3. The first-order chi connectivity index (χ1) is 20.8. The third-order valence-corrected chi connectivity index (χ3v) is 8.40. The lowest BCUT2D eigenvalue weighted by Gasteiger charge is -2.26. The second-order valence-electron chi connectivity index (χ2n) is 12.4. The molecule has 11 heteroatoms. The number of anilines is 2. The smallest absolute Gasteiger partial charge is 0.272 e. The number of likely N-dealkylation sites (tertiary alicyclic amines) is 1. The monoisotopic (exact) mass is 619 g/mol. The molecular formula is C33H41N5O5S. The van der Waals surface area contributed by atoms with Crippen molar-refractivity contribution in [1.82, 2.24) is 14.5 Å². The summed E-state index contributed by atoms with van der Waals surface area (Å²) in [5.41, 5.74) is 3.23. The number of hydrogen-bond donors (Lipinski definition) is 2. The van der Waals surface area contributed by atoms with Crippen LogP contribution >= 0.6 is 0 Å². The van der Waals surface area contributed by atoms with Crippen LogP contribution in [-0.2, 0) is 29.0 Å². The molecule has 0 radical (unpaired) electrons. The van der Waals surface area contributed by atoms with Crippen molar-refractivity contribution in [3.63, 3.8) is 0 Å². The molecular weight excluding hydrogens is 578 g/mol. The lowest BCUT2D eigenvalue weighted by Crippen LogP contribution is -2.29. The molecule has 1 aliphatic heterocycles. The fraction of sp³-hybridized carbons (Fsp3) is 0.394. The van der Waals surface area contributed by atoms with Crippen molar-refractivity contribution >= 4 is 38.2 Å². The minimum Gasteiger partial charge on any atom is -0.492 e. The van der Waals surface area contributed by atoms with Gasteiger partial charge >= 0.3 is 0 Å². The molecule has 234 valence electrons. The van der Waals surface area contributed by atoms with E-state index in [-0.39, 0.29) is 22.8 Å². The average Bonchev–Trinajstić information content (AvgIpc) is 3.29. The Morgan fingerprint density at radius 1 is 1.02 bits per heavy atom. The lowest BCUT2D eigenvalue weighted by molar-refractivity contribution is 0.101. The number of aromatic nitrogens is 2. The van der Waals surface area contributed by atoms with Crippen molar-refractivity contribution < 1.29 is 22.7 Å². The molecule has 10 nitrogen and oxygen atoms in total. The molecule has 1 fully saturated rings. The van der Waals surface area contributed by atoms with Gasteiger partial charge in [-0.1, -0.05) is 39.3 Å². The third-order valence-electron chi connectivity index (χ3n) is 7.80. The highest BCUT2D eigenvalue weighted by molar-refractivity contribution is 7.92. The number of carbonyl (C=O) groups is 1. The van der Waals surface area contributed by atoms with Crippen LogP contribution < -0.4 is 19.5 Å². The molecule has 4 aromatic rings. The molecule has 1 amide bonds. The molecule has 1 saturated heterocycles. The summed E-state index contributed by atoms with van der Waals surface area (Å²) >= 11 is 0. The van der Waals surface area contributed by atoms with Crippen molar-refractivity contribution in [3.8, 4) is 17.2 Å². The van der Waals surface area contributed by atoms with Gasteiger partial charge in [-0.2, -0.15) is 0 Å². The van der Waals surface area contributed by atoms with Gasteiger partial charge in [0.15, 0.2) is 11.5 Å². The van der Waals surface area contributed by atoms with E-state index in [4.69, 9.17) is 9.47 Å². The summed E-state index contributed by atoms with van der Waals surface area (Å²) in [6.07, 6.45) is 6.56. The summed E-state index contributed by atoms with van der Waals surface area (Å²) in [4.78, 5) is 20.7. The minimum absolute atomic E-state index is 0.220. The van der Waals surface area contributed by atoms with E-state index in [0.29, 0.717) is 22.9 Å². The van der Waals surface area contributed by atoms with Gasteiger partial charge in [-0.25, -0.2) is 8.42 Å². The van der Waals surface area contributed by atoms with Crippen molar-refractivity contribution in [1.29, 1.82) is 0 Å². The summed E-state index contributed by atoms with van der Waals surface area (Å²) in [6, 6.07) is 14.9. The van der Waals surface area contributed by atoms with Crippen LogP contribution in [0.3, 0.4) is 0 Å². The van der Waals surface area contributed by atoms with Gasteiger partial charge in [-0.05, 0) is 67.2 Å². The molecule has 0 aliphatic carbocycles. The Balaban J connectivity index is 1.45. The Kier molecular flexibility index (Phi) is 8.90. The van der Waals surface area contributed by atoms with Crippen LogP contribution in [0.15, 0.2) is 54.7 Å². The number of aryl methyl sites for hydroxylation is 1. The molecule has 2 aromatic carbocycles. The second-order valence-corrected chi connectivity index (χ2v) is 14.1. The minimum atomic E-state index is -3.60. The first-order valence-corrected chi connectivity index (χ1v) is 16.7. The third kappa shape index (κ3) is 7.16. The number of rotatable bonds is 9. The van der Waals surface area contributed by atoms with Crippen LogP contribution in [0.2, 0.25) is 0 Å². The van der Waals surface area contributed by atoms with Crippen molar-refractivity contribution in [2.45, 2.75) is 52.0 Å². The zero-order chi connectivity index (χ0) is 31.6. The summed E-state index contributed by atoms with van der Waals surface area (Å²) < 4.78 is 40.5. The van der Waals surface area contributed by atoms with Gasteiger partial charge in [0.25, 0.3) is 5.91 Å². The number of methoxy groups -OCH3 is 1. The van der Waals surface area contributed by atoms with Crippen molar-refractivity contribution in [2.75, 3.05) is 36.5 Å². The van der Waals surface area contributed by atoms with Crippen LogP contribution in [0.4, 0.5) is 11.4 Å². The number of para-hydroxylation sites is 1. The lowest BCUT2D eigenvalue weighted by atomic mass is 9.86. The summed E-state index contributed by atoms with van der Waals surface area (Å²) in [7, 11) is -0.347. The Morgan fingerprint density at radius 3 is 2.43 bits per heavy atom. The second kappa shape index (κ2) is 12.5. The largest absolute Gasteiger partial charge is 0.492 e. The summed E-state index contributed by atoms with van der Waals surface area (Å²) in [5, 5.41) is 3.80. The Labute approximate surface area is 259 Å². The molecule has 0 unspecified atom stereocenters. The van der Waals surface area contributed by atoms with Crippen LogP contribution in [-0.4, -0.2) is 55.2 Å².